The SMILES string of the molecule is CCCCCNC1CCCC(C(C)C)C1. The van der Waals surface area contributed by atoms with Crippen molar-refractivity contribution in [1.29, 1.82) is 0 Å². The molecule has 1 aliphatic carbocycles. The third-order valence-corrected chi connectivity index (χ3v) is 3.87. The van der Waals surface area contributed by atoms with Crippen LogP contribution >= 0.6 is 0 Å². The largest absolute Gasteiger partial charge is 0.314 e. The lowest BCUT2D eigenvalue weighted by Crippen LogP contribution is -2.36. The summed E-state index contributed by atoms with van der Waals surface area (Å²) in [7, 11) is 0. The highest BCUT2D eigenvalue weighted by atomic mass is 14.9. The molecule has 1 saturated carbocycles. The van der Waals surface area contributed by atoms with Crippen molar-refractivity contribution in [3.63, 3.8) is 0 Å². The van der Waals surface area contributed by atoms with E-state index in [9.17, 15) is 0 Å². The molecule has 0 spiro atoms. The van der Waals surface area contributed by atoms with Crippen molar-refractivity contribution in [2.75, 3.05) is 6.54 Å². The number of rotatable bonds is 6. The molecule has 0 bridgehead atoms. The molecule has 1 heteroatoms. The highest BCUT2D eigenvalue weighted by molar-refractivity contribution is 4.79. The predicted octanol–water partition coefficient (Wildman–Crippen LogP) is 3.98. The molecular formula is C14H29N. The fourth-order valence-electron chi connectivity index (χ4n) is 2.70. The lowest BCUT2D eigenvalue weighted by molar-refractivity contribution is 0.231. The summed E-state index contributed by atoms with van der Waals surface area (Å²) in [5, 5.41) is 3.74. The van der Waals surface area contributed by atoms with Crippen molar-refractivity contribution in [3.8, 4) is 0 Å². The average molecular weight is 211 g/mol. The van der Waals surface area contributed by atoms with Gasteiger partial charge in [0.15, 0.2) is 0 Å². The van der Waals surface area contributed by atoms with Crippen LogP contribution in [0.15, 0.2) is 0 Å². The molecule has 0 aliphatic heterocycles. The van der Waals surface area contributed by atoms with Crippen LogP contribution in [0.25, 0.3) is 0 Å². The van der Waals surface area contributed by atoms with Crippen molar-refractivity contribution >= 4 is 0 Å². The first-order chi connectivity index (χ1) is 7.24. The highest BCUT2D eigenvalue weighted by Crippen LogP contribution is 2.29. The van der Waals surface area contributed by atoms with Gasteiger partial charge in [0.25, 0.3) is 0 Å². The molecule has 0 amide bonds. The van der Waals surface area contributed by atoms with Crippen LogP contribution < -0.4 is 5.32 Å². The molecule has 0 aromatic rings. The van der Waals surface area contributed by atoms with Crippen molar-refractivity contribution in [3.05, 3.63) is 0 Å². The summed E-state index contributed by atoms with van der Waals surface area (Å²) in [6.45, 7) is 8.27. The first kappa shape index (κ1) is 13.0. The molecule has 0 radical (unpaired) electrons. The minimum atomic E-state index is 0.822. The first-order valence-electron chi connectivity index (χ1n) is 6.97. The van der Waals surface area contributed by atoms with Gasteiger partial charge in [-0.1, -0.05) is 46.5 Å². The van der Waals surface area contributed by atoms with Crippen LogP contribution in [0.2, 0.25) is 0 Å². The Labute approximate surface area is 96.0 Å². The Morgan fingerprint density at radius 2 is 2.00 bits per heavy atom. The van der Waals surface area contributed by atoms with Gasteiger partial charge < -0.3 is 5.32 Å². The van der Waals surface area contributed by atoms with E-state index in [0.29, 0.717) is 0 Å². The number of hydrogen-bond acceptors (Lipinski definition) is 1. The minimum Gasteiger partial charge on any atom is -0.314 e. The van der Waals surface area contributed by atoms with Gasteiger partial charge in [-0.15, -0.1) is 0 Å². The maximum atomic E-state index is 3.74. The van der Waals surface area contributed by atoms with Gasteiger partial charge in [-0.05, 0) is 37.6 Å². The molecule has 1 rings (SSSR count). The van der Waals surface area contributed by atoms with E-state index in [0.717, 1.165) is 17.9 Å². The summed E-state index contributed by atoms with van der Waals surface area (Å²) in [5.74, 6) is 1.85. The second kappa shape index (κ2) is 7.27. The van der Waals surface area contributed by atoms with Crippen molar-refractivity contribution in [2.24, 2.45) is 11.8 Å². The predicted molar refractivity (Wildman–Crippen MR) is 68.1 cm³/mol. The van der Waals surface area contributed by atoms with Gasteiger partial charge in [0, 0.05) is 6.04 Å². The molecule has 1 N–H and O–H groups in total. The van der Waals surface area contributed by atoms with Crippen LogP contribution in [0, 0.1) is 11.8 Å². The molecule has 1 fully saturated rings. The van der Waals surface area contributed by atoms with E-state index in [1.807, 2.05) is 0 Å². The molecule has 0 heterocycles. The zero-order valence-electron chi connectivity index (χ0n) is 10.9. The van der Waals surface area contributed by atoms with E-state index in [2.05, 4.69) is 26.1 Å². The van der Waals surface area contributed by atoms with Gasteiger partial charge in [0.05, 0.1) is 0 Å². The summed E-state index contributed by atoms with van der Waals surface area (Å²) in [5.41, 5.74) is 0. The summed E-state index contributed by atoms with van der Waals surface area (Å²) in [6, 6.07) is 0.822. The number of unbranched alkanes of at least 4 members (excludes halogenated alkanes) is 2. The lowest BCUT2D eigenvalue weighted by atomic mass is 9.79. The van der Waals surface area contributed by atoms with Gasteiger partial charge in [0.1, 0.15) is 0 Å². The third kappa shape index (κ3) is 5.01. The van der Waals surface area contributed by atoms with Crippen LogP contribution in [0.1, 0.15) is 65.7 Å². The molecule has 0 saturated heterocycles. The molecule has 2 unspecified atom stereocenters. The fourth-order valence-corrected chi connectivity index (χ4v) is 2.70. The zero-order valence-corrected chi connectivity index (χ0v) is 10.9. The Kier molecular flexibility index (Phi) is 6.31. The van der Waals surface area contributed by atoms with E-state index < -0.39 is 0 Å². The number of hydrogen-bond donors (Lipinski definition) is 1. The van der Waals surface area contributed by atoms with Gasteiger partial charge in [-0.3, -0.25) is 0 Å². The van der Waals surface area contributed by atoms with Gasteiger partial charge >= 0.3 is 0 Å². The smallest absolute Gasteiger partial charge is 0.00698 e. The van der Waals surface area contributed by atoms with E-state index in [4.69, 9.17) is 0 Å². The third-order valence-electron chi connectivity index (χ3n) is 3.87. The monoisotopic (exact) mass is 211 g/mol. The Morgan fingerprint density at radius 3 is 2.67 bits per heavy atom. The second-order valence-electron chi connectivity index (χ2n) is 5.53. The van der Waals surface area contributed by atoms with Crippen molar-refractivity contribution in [1.82, 2.24) is 5.32 Å². The molecule has 90 valence electrons. The van der Waals surface area contributed by atoms with Crippen molar-refractivity contribution in [2.45, 2.75) is 71.8 Å². The molecule has 1 nitrogen and oxygen atoms in total. The lowest BCUT2D eigenvalue weighted by Gasteiger charge is -2.32. The first-order valence-corrected chi connectivity index (χ1v) is 6.97. The molecule has 15 heavy (non-hydrogen) atoms. The molecule has 2 atom stereocenters. The maximum Gasteiger partial charge on any atom is 0.00698 e. The molecule has 0 aromatic heterocycles. The topological polar surface area (TPSA) is 12.0 Å². The van der Waals surface area contributed by atoms with Crippen LogP contribution in [0.5, 0.6) is 0 Å². The van der Waals surface area contributed by atoms with Crippen LogP contribution in [-0.2, 0) is 0 Å². The quantitative estimate of drug-likeness (QED) is 0.655. The van der Waals surface area contributed by atoms with Gasteiger partial charge in [0.2, 0.25) is 0 Å². The Morgan fingerprint density at radius 1 is 1.20 bits per heavy atom. The molecule has 0 aromatic carbocycles. The average Bonchev–Trinajstić information content (AvgIpc) is 2.25. The Bertz CT molecular complexity index is 153. The standard InChI is InChI=1S/C14H29N/c1-4-5-6-10-15-14-9-7-8-13(11-14)12(2)3/h12-15H,4-11H2,1-3H3. The second-order valence-corrected chi connectivity index (χ2v) is 5.53. The summed E-state index contributed by atoms with van der Waals surface area (Å²) >= 11 is 0. The highest BCUT2D eigenvalue weighted by Gasteiger charge is 2.23. The zero-order chi connectivity index (χ0) is 11.1. The van der Waals surface area contributed by atoms with Gasteiger partial charge in [-0.25, -0.2) is 0 Å². The molecular weight excluding hydrogens is 182 g/mol. The van der Waals surface area contributed by atoms with E-state index in [1.165, 1.54) is 51.5 Å². The van der Waals surface area contributed by atoms with Crippen molar-refractivity contribution < 1.29 is 0 Å². The van der Waals surface area contributed by atoms with Crippen LogP contribution in [-0.4, -0.2) is 12.6 Å². The number of nitrogens with one attached hydrogen (secondary N) is 1. The normalized spacial score (nSPS) is 27.2. The summed E-state index contributed by atoms with van der Waals surface area (Å²) in [6.07, 6.45) is 9.81. The maximum absolute atomic E-state index is 3.74. The van der Waals surface area contributed by atoms with E-state index in [-0.39, 0.29) is 0 Å². The van der Waals surface area contributed by atoms with E-state index >= 15 is 0 Å². The molecule has 1 aliphatic rings. The summed E-state index contributed by atoms with van der Waals surface area (Å²) < 4.78 is 0. The Balaban J connectivity index is 2.13. The van der Waals surface area contributed by atoms with Crippen LogP contribution in [0.3, 0.4) is 0 Å². The summed E-state index contributed by atoms with van der Waals surface area (Å²) in [4.78, 5) is 0. The fraction of sp³-hybridized carbons (Fsp3) is 1.00. The van der Waals surface area contributed by atoms with Gasteiger partial charge in [-0.2, -0.15) is 0 Å². The minimum absolute atomic E-state index is 0.822. The van der Waals surface area contributed by atoms with E-state index in [1.54, 1.807) is 0 Å². The Hall–Kier alpha value is -0.0400. The van der Waals surface area contributed by atoms with Crippen LogP contribution in [0.4, 0.5) is 0 Å².